The number of aromatic nitrogens is 2. The van der Waals surface area contributed by atoms with Crippen LogP contribution in [0.2, 0.25) is 0 Å². The standard InChI is InChI=1S/C23H19N5O2/c1-27-12-10-25-20(27)19-23(17-7-2-3-8-18(17)26-22(23)30)9-11-28(19)21(29)16-6-4-5-15(13-16)14-24/h2-8,10,12-13,19H,9,11H2,1H3,(H,26,30). The maximum Gasteiger partial charge on any atom is 0.254 e. The topological polar surface area (TPSA) is 91.0 Å². The molecule has 2 atom stereocenters. The van der Waals surface area contributed by atoms with Gasteiger partial charge in [-0.15, -0.1) is 0 Å². The fourth-order valence-electron chi connectivity index (χ4n) is 4.79. The number of rotatable bonds is 2. The number of likely N-dealkylation sites (tertiary alicyclic amines) is 1. The van der Waals surface area contributed by atoms with Gasteiger partial charge >= 0.3 is 0 Å². The summed E-state index contributed by atoms with van der Waals surface area (Å²) in [7, 11) is 1.87. The molecule has 1 spiro atoms. The molecule has 1 N–H and O–H groups in total. The SMILES string of the molecule is Cn1ccnc1C1N(C(=O)c2cccc(C#N)c2)CCC12C(=O)Nc1ccccc12. The first kappa shape index (κ1) is 18.1. The van der Waals surface area contributed by atoms with E-state index in [1.165, 1.54) is 0 Å². The van der Waals surface area contributed by atoms with E-state index in [1.54, 1.807) is 35.4 Å². The van der Waals surface area contributed by atoms with Crippen LogP contribution in [-0.4, -0.2) is 32.8 Å². The van der Waals surface area contributed by atoms with E-state index in [1.807, 2.05) is 42.1 Å². The van der Waals surface area contributed by atoms with Gasteiger partial charge in [0.2, 0.25) is 5.91 Å². The van der Waals surface area contributed by atoms with E-state index in [2.05, 4.69) is 16.4 Å². The van der Waals surface area contributed by atoms with Crippen molar-refractivity contribution in [1.82, 2.24) is 14.5 Å². The zero-order chi connectivity index (χ0) is 20.9. The van der Waals surface area contributed by atoms with Gasteiger partial charge in [0.25, 0.3) is 5.91 Å². The first-order chi connectivity index (χ1) is 14.6. The zero-order valence-corrected chi connectivity index (χ0v) is 16.4. The molecule has 1 saturated heterocycles. The molecule has 5 rings (SSSR count). The predicted molar refractivity (Wildman–Crippen MR) is 110 cm³/mol. The molecular formula is C23H19N5O2. The summed E-state index contributed by atoms with van der Waals surface area (Å²) in [5.74, 6) is 0.330. The highest BCUT2D eigenvalue weighted by atomic mass is 16.2. The Morgan fingerprint density at radius 1 is 1.27 bits per heavy atom. The van der Waals surface area contributed by atoms with Gasteiger partial charge in [-0.1, -0.05) is 24.3 Å². The minimum atomic E-state index is -0.905. The van der Waals surface area contributed by atoms with Gasteiger partial charge in [0.05, 0.1) is 11.6 Å². The third-order valence-corrected chi connectivity index (χ3v) is 6.19. The number of benzene rings is 2. The molecule has 1 fully saturated rings. The fourth-order valence-corrected chi connectivity index (χ4v) is 4.79. The highest BCUT2D eigenvalue weighted by Crippen LogP contribution is 2.54. The van der Waals surface area contributed by atoms with Crippen LogP contribution in [0.5, 0.6) is 0 Å². The zero-order valence-electron chi connectivity index (χ0n) is 16.4. The van der Waals surface area contributed by atoms with Gasteiger partial charge in [0.1, 0.15) is 17.3 Å². The molecular weight excluding hydrogens is 378 g/mol. The van der Waals surface area contributed by atoms with E-state index in [0.29, 0.717) is 29.9 Å². The second kappa shape index (κ2) is 6.56. The van der Waals surface area contributed by atoms with Crippen molar-refractivity contribution in [3.8, 4) is 6.07 Å². The Kier molecular flexibility index (Phi) is 3.97. The molecule has 2 amide bonds. The number of hydrogen-bond acceptors (Lipinski definition) is 4. The molecule has 148 valence electrons. The number of aryl methyl sites for hydroxylation is 1. The minimum absolute atomic E-state index is 0.113. The number of nitriles is 1. The summed E-state index contributed by atoms with van der Waals surface area (Å²) >= 11 is 0. The number of para-hydroxylation sites is 1. The number of hydrogen-bond donors (Lipinski definition) is 1. The maximum absolute atomic E-state index is 13.5. The van der Waals surface area contributed by atoms with Gasteiger partial charge in [-0.2, -0.15) is 5.26 Å². The normalized spacial score (nSPS) is 22.1. The number of nitrogens with zero attached hydrogens (tertiary/aromatic N) is 4. The van der Waals surface area contributed by atoms with E-state index < -0.39 is 11.5 Å². The smallest absolute Gasteiger partial charge is 0.254 e. The molecule has 7 heteroatoms. The molecule has 1 aromatic heterocycles. The van der Waals surface area contributed by atoms with Gasteiger partial charge in [-0.25, -0.2) is 4.98 Å². The Balaban J connectivity index is 1.67. The third kappa shape index (κ3) is 2.40. The summed E-state index contributed by atoms with van der Waals surface area (Å²) in [6.45, 7) is 0.412. The summed E-state index contributed by atoms with van der Waals surface area (Å²) in [4.78, 5) is 33.1. The number of fused-ring (bicyclic) bond motifs is 2. The number of anilines is 1. The van der Waals surface area contributed by atoms with Gasteiger partial charge in [-0.05, 0) is 36.2 Å². The number of amides is 2. The van der Waals surface area contributed by atoms with Gasteiger partial charge in [0, 0.05) is 37.2 Å². The first-order valence-corrected chi connectivity index (χ1v) is 9.75. The van der Waals surface area contributed by atoms with Crippen molar-refractivity contribution >= 4 is 17.5 Å². The van der Waals surface area contributed by atoms with Gasteiger partial charge in [0.15, 0.2) is 0 Å². The van der Waals surface area contributed by atoms with Crippen molar-refractivity contribution in [2.24, 2.45) is 7.05 Å². The van der Waals surface area contributed by atoms with Crippen molar-refractivity contribution in [3.63, 3.8) is 0 Å². The van der Waals surface area contributed by atoms with Crippen LogP contribution in [-0.2, 0) is 17.3 Å². The number of carbonyl (C=O) groups excluding carboxylic acids is 2. The van der Waals surface area contributed by atoms with E-state index in [4.69, 9.17) is 0 Å². The van der Waals surface area contributed by atoms with Crippen LogP contribution in [0.15, 0.2) is 60.9 Å². The van der Waals surface area contributed by atoms with E-state index in [9.17, 15) is 14.9 Å². The molecule has 3 aromatic rings. The molecule has 30 heavy (non-hydrogen) atoms. The van der Waals surface area contributed by atoms with Crippen LogP contribution >= 0.6 is 0 Å². The Morgan fingerprint density at radius 3 is 2.87 bits per heavy atom. The quantitative estimate of drug-likeness (QED) is 0.720. The van der Waals surface area contributed by atoms with Crippen molar-refractivity contribution in [3.05, 3.63) is 83.4 Å². The maximum atomic E-state index is 13.5. The van der Waals surface area contributed by atoms with Crippen LogP contribution in [0.3, 0.4) is 0 Å². The van der Waals surface area contributed by atoms with E-state index in [0.717, 1.165) is 11.3 Å². The van der Waals surface area contributed by atoms with Crippen molar-refractivity contribution in [2.45, 2.75) is 17.9 Å². The number of imidazole rings is 1. The lowest BCUT2D eigenvalue weighted by Crippen LogP contribution is -2.43. The monoisotopic (exact) mass is 397 g/mol. The second-order valence-electron chi connectivity index (χ2n) is 7.71. The Hall–Kier alpha value is -3.92. The van der Waals surface area contributed by atoms with Crippen LogP contribution in [0.25, 0.3) is 0 Å². The predicted octanol–water partition coefficient (Wildman–Crippen LogP) is 2.77. The molecule has 2 aromatic carbocycles. The summed E-state index contributed by atoms with van der Waals surface area (Å²) in [6, 6.07) is 15.8. The average Bonchev–Trinajstić information content (AvgIpc) is 3.44. The fraction of sp³-hybridized carbons (Fsp3) is 0.217. The first-order valence-electron chi connectivity index (χ1n) is 9.75. The van der Waals surface area contributed by atoms with Crippen LogP contribution in [0.4, 0.5) is 5.69 Å². The lowest BCUT2D eigenvalue weighted by Gasteiger charge is -2.33. The van der Waals surface area contributed by atoms with Crippen LogP contribution < -0.4 is 5.32 Å². The minimum Gasteiger partial charge on any atom is -0.336 e. The van der Waals surface area contributed by atoms with Crippen LogP contribution in [0.1, 0.15) is 39.8 Å². The molecule has 0 aliphatic carbocycles. The van der Waals surface area contributed by atoms with E-state index >= 15 is 0 Å². The van der Waals surface area contributed by atoms with Gasteiger partial charge in [-0.3, -0.25) is 9.59 Å². The Morgan fingerprint density at radius 2 is 2.10 bits per heavy atom. The van der Waals surface area contributed by atoms with Crippen LogP contribution in [0, 0.1) is 11.3 Å². The number of nitrogens with one attached hydrogen (secondary N) is 1. The highest BCUT2D eigenvalue weighted by molar-refractivity contribution is 6.08. The summed E-state index contributed by atoms with van der Waals surface area (Å²) in [5, 5.41) is 12.2. The van der Waals surface area contributed by atoms with Crippen molar-refractivity contribution in [1.29, 1.82) is 5.26 Å². The molecule has 2 aliphatic rings. The van der Waals surface area contributed by atoms with Crippen molar-refractivity contribution in [2.75, 3.05) is 11.9 Å². The molecule has 2 unspecified atom stereocenters. The Bertz CT molecular complexity index is 1220. The molecule has 7 nitrogen and oxygen atoms in total. The van der Waals surface area contributed by atoms with Gasteiger partial charge < -0.3 is 14.8 Å². The highest BCUT2D eigenvalue weighted by Gasteiger charge is 2.60. The second-order valence-corrected chi connectivity index (χ2v) is 7.71. The largest absolute Gasteiger partial charge is 0.336 e. The number of carbonyl (C=O) groups is 2. The molecule has 0 bridgehead atoms. The molecule has 2 aliphatic heterocycles. The molecule has 3 heterocycles. The summed E-state index contributed by atoms with van der Waals surface area (Å²) < 4.78 is 1.86. The van der Waals surface area contributed by atoms with E-state index in [-0.39, 0.29) is 11.8 Å². The summed E-state index contributed by atoms with van der Waals surface area (Å²) in [6.07, 6.45) is 4.00. The lowest BCUT2D eigenvalue weighted by atomic mass is 9.74. The summed E-state index contributed by atoms with van der Waals surface area (Å²) in [5.41, 5.74) is 1.62. The van der Waals surface area contributed by atoms with Crippen molar-refractivity contribution < 1.29 is 9.59 Å². The Labute approximate surface area is 173 Å². The third-order valence-electron chi connectivity index (χ3n) is 6.19. The molecule has 0 radical (unpaired) electrons. The molecule has 0 saturated carbocycles. The lowest BCUT2D eigenvalue weighted by molar-refractivity contribution is -0.121. The average molecular weight is 397 g/mol.